The maximum absolute atomic E-state index is 5.43. The first-order chi connectivity index (χ1) is 8.34. The molecule has 0 spiro atoms. The van der Waals surface area contributed by atoms with Gasteiger partial charge in [-0.2, -0.15) is 9.61 Å². The van der Waals surface area contributed by atoms with Crippen LogP contribution in [-0.4, -0.2) is 19.6 Å². The van der Waals surface area contributed by atoms with Crippen LogP contribution in [0.25, 0.3) is 26.9 Å². The smallest absolute Gasteiger partial charge is 0.213 e. The molecule has 0 fully saturated rings. The van der Waals surface area contributed by atoms with E-state index in [1.807, 2.05) is 24.3 Å². The first-order valence-corrected chi connectivity index (χ1v) is 6.36. The number of nitrogens with one attached hydrogen (secondary N) is 1. The van der Waals surface area contributed by atoms with Crippen LogP contribution >= 0.6 is 23.6 Å². The van der Waals surface area contributed by atoms with E-state index in [1.165, 1.54) is 11.3 Å². The summed E-state index contributed by atoms with van der Waals surface area (Å²) in [6.45, 7) is 0. The normalized spacial score (nSPS) is 11.8. The molecule has 4 nitrogen and oxygen atoms in total. The van der Waals surface area contributed by atoms with Gasteiger partial charge in [0.1, 0.15) is 16.5 Å². The van der Waals surface area contributed by atoms with Gasteiger partial charge in [0.15, 0.2) is 4.64 Å². The SMILES string of the molecule is S=c1c2[nH]c3ccccc3c2nc2scnn12. The Bertz CT molecular complexity index is 915. The lowest BCUT2D eigenvalue weighted by Gasteiger charge is -1.93. The summed E-state index contributed by atoms with van der Waals surface area (Å²) in [6, 6.07) is 8.07. The molecule has 82 valence electrons. The number of hydrogen-bond acceptors (Lipinski definition) is 4. The van der Waals surface area contributed by atoms with Crippen LogP contribution in [0.4, 0.5) is 0 Å². The number of fused-ring (bicyclic) bond motifs is 4. The lowest BCUT2D eigenvalue weighted by Crippen LogP contribution is -1.91. The number of H-pyrrole nitrogens is 1. The highest BCUT2D eigenvalue weighted by molar-refractivity contribution is 7.71. The van der Waals surface area contributed by atoms with Crippen LogP contribution in [0.2, 0.25) is 0 Å². The average molecular weight is 258 g/mol. The topological polar surface area (TPSA) is 46.0 Å². The van der Waals surface area contributed by atoms with Crippen molar-refractivity contribution in [3.63, 3.8) is 0 Å². The number of rotatable bonds is 0. The van der Waals surface area contributed by atoms with E-state index in [0.717, 1.165) is 26.9 Å². The molecule has 17 heavy (non-hydrogen) atoms. The second kappa shape index (κ2) is 3.12. The Morgan fingerprint density at radius 1 is 1.29 bits per heavy atom. The van der Waals surface area contributed by atoms with E-state index in [-0.39, 0.29) is 0 Å². The fourth-order valence-electron chi connectivity index (χ4n) is 2.03. The molecule has 0 bridgehead atoms. The van der Waals surface area contributed by atoms with Gasteiger partial charge in [0.2, 0.25) is 4.96 Å². The standard InChI is InChI=1S/C11H6N4S2/c16-10-9-8(14-11-15(10)12-5-17-11)6-3-1-2-4-7(6)13-9/h1-5,13H. The predicted octanol–water partition coefficient (Wildman–Crippen LogP) is 3.15. The third kappa shape index (κ3) is 1.13. The van der Waals surface area contributed by atoms with Crippen molar-refractivity contribution in [1.29, 1.82) is 0 Å². The second-order valence-electron chi connectivity index (χ2n) is 3.74. The Hall–Kier alpha value is -1.79. The molecule has 0 aliphatic heterocycles. The first-order valence-electron chi connectivity index (χ1n) is 5.07. The summed E-state index contributed by atoms with van der Waals surface area (Å²) in [7, 11) is 0. The third-order valence-electron chi connectivity index (χ3n) is 2.79. The monoisotopic (exact) mass is 258 g/mol. The Balaban J connectivity index is 2.41. The minimum atomic E-state index is 0.683. The van der Waals surface area contributed by atoms with Crippen molar-refractivity contribution in [3.05, 3.63) is 34.4 Å². The minimum Gasteiger partial charge on any atom is -0.351 e. The van der Waals surface area contributed by atoms with Gasteiger partial charge in [0, 0.05) is 10.9 Å². The van der Waals surface area contributed by atoms with Gasteiger partial charge in [0.25, 0.3) is 0 Å². The molecule has 0 aliphatic rings. The van der Waals surface area contributed by atoms with E-state index in [4.69, 9.17) is 12.2 Å². The summed E-state index contributed by atoms with van der Waals surface area (Å²) in [4.78, 5) is 8.74. The van der Waals surface area contributed by atoms with Crippen molar-refractivity contribution in [1.82, 2.24) is 19.6 Å². The number of para-hydroxylation sites is 1. The molecule has 3 aromatic heterocycles. The predicted molar refractivity (Wildman–Crippen MR) is 71.1 cm³/mol. The maximum atomic E-state index is 5.43. The van der Waals surface area contributed by atoms with E-state index in [1.54, 1.807) is 10.0 Å². The number of hydrogen-bond donors (Lipinski definition) is 1. The van der Waals surface area contributed by atoms with E-state index in [9.17, 15) is 0 Å². The van der Waals surface area contributed by atoms with Crippen LogP contribution in [0.5, 0.6) is 0 Å². The summed E-state index contributed by atoms with van der Waals surface area (Å²) in [5.74, 6) is 0. The molecule has 0 radical (unpaired) electrons. The molecule has 0 saturated carbocycles. The highest BCUT2D eigenvalue weighted by atomic mass is 32.1. The summed E-state index contributed by atoms with van der Waals surface area (Å²) in [5.41, 5.74) is 4.61. The van der Waals surface area contributed by atoms with Gasteiger partial charge in [-0.25, -0.2) is 4.98 Å². The van der Waals surface area contributed by atoms with Crippen LogP contribution in [-0.2, 0) is 0 Å². The summed E-state index contributed by atoms with van der Waals surface area (Å²) in [6.07, 6.45) is 0. The lowest BCUT2D eigenvalue weighted by atomic mass is 10.2. The van der Waals surface area contributed by atoms with Crippen LogP contribution in [0.15, 0.2) is 29.8 Å². The highest BCUT2D eigenvalue weighted by Crippen LogP contribution is 2.25. The van der Waals surface area contributed by atoms with E-state index < -0.39 is 0 Å². The molecule has 0 unspecified atom stereocenters. The van der Waals surface area contributed by atoms with Crippen molar-refractivity contribution in [2.24, 2.45) is 0 Å². The highest BCUT2D eigenvalue weighted by Gasteiger charge is 2.10. The average Bonchev–Trinajstić information content (AvgIpc) is 2.94. The van der Waals surface area contributed by atoms with Crippen molar-refractivity contribution in [2.75, 3.05) is 0 Å². The van der Waals surface area contributed by atoms with Gasteiger partial charge in [-0.3, -0.25) is 0 Å². The van der Waals surface area contributed by atoms with Crippen molar-refractivity contribution in [2.45, 2.75) is 0 Å². The Morgan fingerprint density at radius 3 is 3.12 bits per heavy atom. The summed E-state index contributed by atoms with van der Waals surface area (Å²) < 4.78 is 2.38. The van der Waals surface area contributed by atoms with Gasteiger partial charge in [-0.05, 0) is 6.07 Å². The molecule has 0 aliphatic carbocycles. The second-order valence-corrected chi connectivity index (χ2v) is 4.94. The zero-order chi connectivity index (χ0) is 11.4. The number of aromatic amines is 1. The zero-order valence-corrected chi connectivity index (χ0v) is 10.2. The molecule has 0 saturated heterocycles. The quantitative estimate of drug-likeness (QED) is 0.493. The van der Waals surface area contributed by atoms with Gasteiger partial charge in [0.05, 0.1) is 0 Å². The Kier molecular flexibility index (Phi) is 1.70. The van der Waals surface area contributed by atoms with Gasteiger partial charge >= 0.3 is 0 Å². The molecule has 1 aromatic carbocycles. The van der Waals surface area contributed by atoms with E-state index >= 15 is 0 Å². The molecule has 0 amide bonds. The Labute approximate surface area is 105 Å². The first kappa shape index (κ1) is 9.26. The molecule has 3 heterocycles. The molecule has 4 aromatic rings. The molecule has 0 atom stereocenters. The third-order valence-corrected chi connectivity index (χ3v) is 3.85. The molecule has 6 heteroatoms. The zero-order valence-electron chi connectivity index (χ0n) is 8.54. The fourth-order valence-corrected chi connectivity index (χ4v) is 2.99. The number of aromatic nitrogens is 4. The maximum Gasteiger partial charge on any atom is 0.213 e. The van der Waals surface area contributed by atoms with Crippen LogP contribution < -0.4 is 0 Å². The summed E-state index contributed by atoms with van der Waals surface area (Å²) in [5, 5.41) is 5.29. The number of benzene rings is 1. The largest absolute Gasteiger partial charge is 0.351 e. The van der Waals surface area contributed by atoms with Gasteiger partial charge in [-0.15, -0.1) is 0 Å². The van der Waals surface area contributed by atoms with Gasteiger partial charge < -0.3 is 4.98 Å². The lowest BCUT2D eigenvalue weighted by molar-refractivity contribution is 0.937. The van der Waals surface area contributed by atoms with Crippen LogP contribution in [0.1, 0.15) is 0 Å². The number of nitrogens with zero attached hydrogens (tertiary/aromatic N) is 3. The Morgan fingerprint density at radius 2 is 2.18 bits per heavy atom. The van der Waals surface area contributed by atoms with Crippen molar-refractivity contribution in [3.8, 4) is 0 Å². The van der Waals surface area contributed by atoms with E-state index in [2.05, 4.69) is 15.1 Å². The van der Waals surface area contributed by atoms with Crippen molar-refractivity contribution >= 4 is 50.5 Å². The summed E-state index contributed by atoms with van der Waals surface area (Å²) >= 11 is 6.91. The van der Waals surface area contributed by atoms with Crippen LogP contribution in [0.3, 0.4) is 0 Å². The van der Waals surface area contributed by atoms with Gasteiger partial charge in [-0.1, -0.05) is 41.8 Å². The fraction of sp³-hybridized carbons (Fsp3) is 0. The molecular weight excluding hydrogens is 252 g/mol. The van der Waals surface area contributed by atoms with Crippen molar-refractivity contribution < 1.29 is 0 Å². The van der Waals surface area contributed by atoms with E-state index in [0.29, 0.717) is 4.64 Å². The minimum absolute atomic E-state index is 0.683. The van der Waals surface area contributed by atoms with Crippen LogP contribution in [0, 0.1) is 4.64 Å². The molecule has 4 rings (SSSR count). The molecular formula is C11H6N4S2. The molecule has 1 N–H and O–H groups in total.